The number of carbonyl (C=O) groups is 2. The van der Waals surface area contributed by atoms with E-state index in [1.165, 1.54) is 6.08 Å². The first-order valence-electron chi connectivity index (χ1n) is 9.42. The van der Waals surface area contributed by atoms with E-state index >= 15 is 0 Å². The van der Waals surface area contributed by atoms with Crippen molar-refractivity contribution in [3.05, 3.63) is 12.7 Å². The van der Waals surface area contributed by atoms with E-state index < -0.39 is 0 Å². The zero-order valence-electron chi connectivity index (χ0n) is 16.4. The zero-order chi connectivity index (χ0) is 19.0. The van der Waals surface area contributed by atoms with Crippen molar-refractivity contribution in [2.24, 2.45) is 23.7 Å². The van der Waals surface area contributed by atoms with Crippen molar-refractivity contribution < 1.29 is 9.59 Å². The van der Waals surface area contributed by atoms with Crippen LogP contribution < -0.4 is 10.6 Å². The summed E-state index contributed by atoms with van der Waals surface area (Å²) in [7, 11) is 0. The highest BCUT2D eigenvalue weighted by atomic mass is 16.2. The molecule has 0 heterocycles. The monoisotopic (exact) mass is 346 g/mol. The lowest BCUT2D eigenvalue weighted by Gasteiger charge is -2.38. The Labute approximate surface area is 153 Å². The summed E-state index contributed by atoms with van der Waals surface area (Å²) in [6.07, 6.45) is 5.85. The van der Waals surface area contributed by atoms with Crippen molar-refractivity contribution in [1.82, 2.24) is 10.6 Å². The Hall–Kier alpha value is -1.76. The maximum absolute atomic E-state index is 11.0. The molecule has 2 fully saturated rings. The van der Waals surface area contributed by atoms with Crippen LogP contribution in [-0.4, -0.2) is 23.9 Å². The van der Waals surface area contributed by atoms with Crippen LogP contribution in [0.4, 0.5) is 0 Å². The molecule has 2 saturated carbocycles. The average Bonchev–Trinajstić information content (AvgIpc) is 2.45. The summed E-state index contributed by atoms with van der Waals surface area (Å²) in [6, 6.07) is 0.781. The number of hydrogen-bond donors (Lipinski definition) is 2. The lowest BCUT2D eigenvalue weighted by atomic mass is 9.74. The average molecular weight is 347 g/mol. The Morgan fingerprint density at radius 3 is 1.76 bits per heavy atom. The van der Waals surface area contributed by atoms with Crippen LogP contribution in [0.15, 0.2) is 12.7 Å². The molecule has 0 spiro atoms. The normalized spacial score (nSPS) is 26.8. The summed E-state index contributed by atoms with van der Waals surface area (Å²) in [6.45, 7) is 14.0. The van der Waals surface area contributed by atoms with Gasteiger partial charge < -0.3 is 10.6 Å². The molecule has 0 aliphatic heterocycles. The van der Waals surface area contributed by atoms with E-state index in [1.54, 1.807) is 6.92 Å². The van der Waals surface area contributed by atoms with Gasteiger partial charge in [0.2, 0.25) is 5.91 Å². The van der Waals surface area contributed by atoms with Crippen LogP contribution in [-0.2, 0) is 9.59 Å². The predicted molar refractivity (Wildman–Crippen MR) is 103 cm³/mol. The molecule has 0 radical (unpaired) electrons. The smallest absolute Gasteiger partial charge is 0.296 e. The van der Waals surface area contributed by atoms with E-state index in [-0.39, 0.29) is 11.8 Å². The van der Waals surface area contributed by atoms with Crippen LogP contribution in [0, 0.1) is 35.5 Å². The van der Waals surface area contributed by atoms with Gasteiger partial charge in [-0.3, -0.25) is 9.59 Å². The standard InChI is InChI=1S/C11H17NO.C10H17NO/c1-4-5-11(13)12-10-6-9(7-10)8(2)3;1-4-10(12)11-9-5-8(6-9)7(2)3/h8-10H,6-7H2,1-3H3,(H,12,13);4,7-9H,1,5-6H2,2-3H3,(H,11,12). The van der Waals surface area contributed by atoms with Gasteiger partial charge in [-0.1, -0.05) is 40.2 Å². The number of nitrogens with one attached hydrogen (secondary N) is 2. The van der Waals surface area contributed by atoms with Crippen molar-refractivity contribution in [3.8, 4) is 11.8 Å². The molecule has 4 heteroatoms. The molecular formula is C21H34N2O2. The first-order valence-corrected chi connectivity index (χ1v) is 9.42. The highest BCUT2D eigenvalue weighted by Gasteiger charge is 2.32. The van der Waals surface area contributed by atoms with E-state index in [0.717, 1.165) is 49.4 Å². The Kier molecular flexibility index (Phi) is 8.75. The highest BCUT2D eigenvalue weighted by Crippen LogP contribution is 2.34. The fourth-order valence-corrected chi connectivity index (χ4v) is 3.24. The Bertz CT molecular complexity index is 516. The number of carbonyl (C=O) groups excluding carboxylic acids is 2. The molecular weight excluding hydrogens is 312 g/mol. The lowest BCUT2D eigenvalue weighted by Crippen LogP contribution is -2.45. The minimum absolute atomic E-state index is 0.0396. The van der Waals surface area contributed by atoms with E-state index in [4.69, 9.17) is 0 Å². The summed E-state index contributed by atoms with van der Waals surface area (Å²) in [4.78, 5) is 21.9. The van der Waals surface area contributed by atoms with E-state index in [9.17, 15) is 9.59 Å². The quantitative estimate of drug-likeness (QED) is 0.593. The second-order valence-electron chi connectivity index (χ2n) is 7.91. The minimum Gasteiger partial charge on any atom is -0.350 e. The summed E-state index contributed by atoms with van der Waals surface area (Å²) < 4.78 is 0. The summed E-state index contributed by atoms with van der Waals surface area (Å²) >= 11 is 0. The molecule has 2 aliphatic rings. The van der Waals surface area contributed by atoms with Crippen LogP contribution in [0.5, 0.6) is 0 Å². The van der Waals surface area contributed by atoms with Gasteiger partial charge in [0.15, 0.2) is 0 Å². The van der Waals surface area contributed by atoms with Crippen molar-refractivity contribution in [2.75, 3.05) is 0 Å². The Morgan fingerprint density at radius 1 is 0.960 bits per heavy atom. The molecule has 0 atom stereocenters. The van der Waals surface area contributed by atoms with Crippen LogP contribution in [0.25, 0.3) is 0 Å². The fraction of sp³-hybridized carbons (Fsp3) is 0.714. The number of hydrogen-bond acceptors (Lipinski definition) is 2. The maximum Gasteiger partial charge on any atom is 0.296 e. The first-order chi connectivity index (χ1) is 11.8. The van der Waals surface area contributed by atoms with Gasteiger partial charge in [-0.2, -0.15) is 0 Å². The first kappa shape index (κ1) is 21.3. The molecule has 0 unspecified atom stereocenters. The predicted octanol–water partition coefficient (Wildman–Crippen LogP) is 3.28. The van der Waals surface area contributed by atoms with E-state index in [0.29, 0.717) is 12.1 Å². The van der Waals surface area contributed by atoms with Crippen LogP contribution in [0.3, 0.4) is 0 Å². The molecule has 2 rings (SSSR count). The Morgan fingerprint density at radius 2 is 1.40 bits per heavy atom. The summed E-state index contributed by atoms with van der Waals surface area (Å²) in [5, 5.41) is 5.78. The molecule has 0 bridgehead atoms. The van der Waals surface area contributed by atoms with Gasteiger partial charge in [-0.25, -0.2) is 0 Å². The maximum atomic E-state index is 11.0. The molecule has 2 N–H and O–H groups in total. The van der Waals surface area contributed by atoms with Gasteiger partial charge in [0.1, 0.15) is 0 Å². The van der Waals surface area contributed by atoms with Crippen molar-refractivity contribution >= 4 is 11.8 Å². The van der Waals surface area contributed by atoms with Gasteiger partial charge in [-0.15, -0.1) is 0 Å². The van der Waals surface area contributed by atoms with Gasteiger partial charge in [-0.05, 0) is 68.3 Å². The van der Waals surface area contributed by atoms with E-state index in [1.807, 2.05) is 0 Å². The molecule has 25 heavy (non-hydrogen) atoms. The van der Waals surface area contributed by atoms with Crippen molar-refractivity contribution in [1.29, 1.82) is 0 Å². The van der Waals surface area contributed by atoms with Gasteiger partial charge >= 0.3 is 0 Å². The third-order valence-electron chi connectivity index (χ3n) is 5.34. The third-order valence-corrected chi connectivity index (χ3v) is 5.34. The van der Waals surface area contributed by atoms with Crippen molar-refractivity contribution in [3.63, 3.8) is 0 Å². The lowest BCUT2D eigenvalue weighted by molar-refractivity contribution is -0.118. The Balaban J connectivity index is 0.000000251. The van der Waals surface area contributed by atoms with Crippen LogP contribution in [0.2, 0.25) is 0 Å². The van der Waals surface area contributed by atoms with E-state index in [2.05, 4.69) is 56.7 Å². The molecule has 2 amide bonds. The largest absolute Gasteiger partial charge is 0.350 e. The molecule has 0 aromatic heterocycles. The summed E-state index contributed by atoms with van der Waals surface area (Å²) in [5.74, 6) is 8.00. The van der Waals surface area contributed by atoms with Crippen LogP contribution >= 0.6 is 0 Å². The second-order valence-corrected chi connectivity index (χ2v) is 7.91. The second kappa shape index (κ2) is 10.3. The van der Waals surface area contributed by atoms with Crippen LogP contribution in [0.1, 0.15) is 60.3 Å². The third kappa shape index (κ3) is 7.34. The molecule has 4 nitrogen and oxygen atoms in total. The summed E-state index contributed by atoms with van der Waals surface area (Å²) in [5.41, 5.74) is 0. The zero-order valence-corrected chi connectivity index (χ0v) is 16.4. The topological polar surface area (TPSA) is 58.2 Å². The molecule has 0 saturated heterocycles. The number of rotatable bonds is 5. The molecule has 0 aromatic carbocycles. The highest BCUT2D eigenvalue weighted by molar-refractivity contribution is 5.93. The van der Waals surface area contributed by atoms with Gasteiger partial charge in [0, 0.05) is 12.1 Å². The SMILES string of the molecule is C=CC(=O)NC1CC(C(C)C)C1.CC#CC(=O)NC1CC(C(C)C)C1. The minimum atomic E-state index is -0.130. The molecule has 140 valence electrons. The molecule has 0 aromatic rings. The number of amides is 2. The van der Waals surface area contributed by atoms with Gasteiger partial charge in [0.25, 0.3) is 5.91 Å². The fourth-order valence-electron chi connectivity index (χ4n) is 3.24. The van der Waals surface area contributed by atoms with Crippen molar-refractivity contribution in [2.45, 2.75) is 72.4 Å². The molecule has 2 aliphatic carbocycles. The van der Waals surface area contributed by atoms with Gasteiger partial charge in [0.05, 0.1) is 0 Å².